The minimum Gasteiger partial charge on any atom is -0.390 e. The lowest BCUT2D eigenvalue weighted by atomic mass is 10.0. The molecule has 2 unspecified atom stereocenters. The van der Waals surface area contributed by atoms with Gasteiger partial charge in [-0.05, 0) is 26.7 Å². The molecule has 0 bridgehead atoms. The van der Waals surface area contributed by atoms with Crippen LogP contribution in [0.15, 0.2) is 0 Å². The first-order valence-electron chi connectivity index (χ1n) is 5.45. The second-order valence-corrected chi connectivity index (χ2v) is 3.32. The Labute approximate surface area is 87.7 Å². The summed E-state index contributed by atoms with van der Waals surface area (Å²) in [7, 11) is 0. The van der Waals surface area contributed by atoms with Gasteiger partial charge < -0.3 is 9.84 Å². The quantitative estimate of drug-likeness (QED) is 0.636. The van der Waals surface area contributed by atoms with E-state index in [1.165, 1.54) is 0 Å². The fourth-order valence-electron chi connectivity index (χ4n) is 1.42. The van der Waals surface area contributed by atoms with Crippen LogP contribution in [0.5, 0.6) is 0 Å². The molecule has 14 heavy (non-hydrogen) atoms. The minimum absolute atomic E-state index is 0.0105. The summed E-state index contributed by atoms with van der Waals surface area (Å²) in [4.78, 5) is 0. The maximum atomic E-state index is 9.81. The van der Waals surface area contributed by atoms with Crippen molar-refractivity contribution in [3.63, 3.8) is 0 Å². The molecule has 0 spiro atoms. The Kier molecular flexibility index (Phi) is 8.72. The van der Waals surface area contributed by atoms with Crippen molar-refractivity contribution >= 4 is 0 Å². The first-order chi connectivity index (χ1) is 6.76. The van der Waals surface area contributed by atoms with E-state index in [4.69, 9.17) is 4.74 Å². The van der Waals surface area contributed by atoms with E-state index in [0.717, 1.165) is 19.3 Å². The third kappa shape index (κ3) is 6.01. The van der Waals surface area contributed by atoms with Gasteiger partial charge in [0.15, 0.2) is 0 Å². The number of hydrogen-bond acceptors (Lipinski definition) is 2. The van der Waals surface area contributed by atoms with Crippen LogP contribution >= 0.6 is 0 Å². The zero-order valence-corrected chi connectivity index (χ0v) is 9.55. The topological polar surface area (TPSA) is 29.5 Å². The van der Waals surface area contributed by atoms with Crippen molar-refractivity contribution in [3.8, 4) is 11.8 Å². The Morgan fingerprint density at radius 1 is 1.29 bits per heavy atom. The molecule has 2 heteroatoms. The highest BCUT2D eigenvalue weighted by Gasteiger charge is 2.17. The van der Waals surface area contributed by atoms with Gasteiger partial charge >= 0.3 is 0 Å². The second kappa shape index (κ2) is 9.05. The molecule has 0 fully saturated rings. The molecule has 0 amide bonds. The van der Waals surface area contributed by atoms with E-state index in [-0.39, 0.29) is 12.2 Å². The lowest BCUT2D eigenvalue weighted by molar-refractivity contribution is -0.0393. The molecule has 0 radical (unpaired) electrons. The fourth-order valence-corrected chi connectivity index (χ4v) is 1.42. The summed E-state index contributed by atoms with van der Waals surface area (Å²) in [6.07, 6.45) is 3.06. The van der Waals surface area contributed by atoms with Crippen molar-refractivity contribution in [2.24, 2.45) is 0 Å². The number of ether oxygens (including phenoxy) is 1. The Morgan fingerprint density at radius 3 is 2.50 bits per heavy atom. The van der Waals surface area contributed by atoms with Crippen LogP contribution in [0.2, 0.25) is 0 Å². The van der Waals surface area contributed by atoms with Gasteiger partial charge in [-0.2, -0.15) is 0 Å². The van der Waals surface area contributed by atoms with E-state index in [0.29, 0.717) is 13.0 Å². The lowest BCUT2D eigenvalue weighted by Crippen LogP contribution is -2.28. The standard InChI is InChI=1S/C12H22O2/c1-4-7-8-10-11(13)12(9-5-2)14-6-3/h11-13H,5-6,8-10H2,1-3H3. The van der Waals surface area contributed by atoms with Gasteiger partial charge in [-0.15, -0.1) is 11.8 Å². The minimum atomic E-state index is -0.365. The van der Waals surface area contributed by atoms with Gasteiger partial charge in [-0.1, -0.05) is 13.3 Å². The third-order valence-electron chi connectivity index (χ3n) is 2.12. The maximum absolute atomic E-state index is 9.81. The van der Waals surface area contributed by atoms with Crippen LogP contribution in [0.25, 0.3) is 0 Å². The van der Waals surface area contributed by atoms with Crippen LogP contribution in [-0.4, -0.2) is 23.9 Å². The fraction of sp³-hybridized carbons (Fsp3) is 0.833. The summed E-state index contributed by atoms with van der Waals surface area (Å²) in [5.74, 6) is 5.78. The van der Waals surface area contributed by atoms with E-state index < -0.39 is 0 Å². The van der Waals surface area contributed by atoms with Gasteiger partial charge in [0, 0.05) is 13.0 Å². The zero-order valence-electron chi connectivity index (χ0n) is 9.55. The highest BCUT2D eigenvalue weighted by atomic mass is 16.5. The Balaban J connectivity index is 3.84. The van der Waals surface area contributed by atoms with Crippen molar-refractivity contribution in [1.29, 1.82) is 0 Å². The van der Waals surface area contributed by atoms with Crippen molar-refractivity contribution in [1.82, 2.24) is 0 Å². The predicted molar refractivity (Wildman–Crippen MR) is 59.0 cm³/mol. The molecule has 2 atom stereocenters. The van der Waals surface area contributed by atoms with Gasteiger partial charge in [0.05, 0.1) is 12.2 Å². The van der Waals surface area contributed by atoms with Gasteiger partial charge in [0.1, 0.15) is 0 Å². The maximum Gasteiger partial charge on any atom is 0.0834 e. The molecule has 0 heterocycles. The van der Waals surface area contributed by atoms with Crippen LogP contribution < -0.4 is 0 Å². The van der Waals surface area contributed by atoms with Crippen LogP contribution in [-0.2, 0) is 4.74 Å². The van der Waals surface area contributed by atoms with Gasteiger partial charge in [0.25, 0.3) is 0 Å². The van der Waals surface area contributed by atoms with Gasteiger partial charge in [0.2, 0.25) is 0 Å². The van der Waals surface area contributed by atoms with E-state index in [2.05, 4.69) is 18.8 Å². The molecule has 0 aliphatic carbocycles. The normalized spacial score (nSPS) is 14.3. The largest absolute Gasteiger partial charge is 0.390 e. The van der Waals surface area contributed by atoms with Crippen molar-refractivity contribution in [3.05, 3.63) is 0 Å². The van der Waals surface area contributed by atoms with Crippen molar-refractivity contribution in [2.45, 2.75) is 58.7 Å². The molecule has 2 nitrogen and oxygen atoms in total. The smallest absolute Gasteiger partial charge is 0.0834 e. The van der Waals surface area contributed by atoms with Gasteiger partial charge in [-0.3, -0.25) is 0 Å². The van der Waals surface area contributed by atoms with E-state index >= 15 is 0 Å². The van der Waals surface area contributed by atoms with Crippen LogP contribution in [0.1, 0.15) is 46.5 Å². The first kappa shape index (κ1) is 13.5. The molecule has 1 N–H and O–H groups in total. The number of rotatable bonds is 7. The highest BCUT2D eigenvalue weighted by molar-refractivity contribution is 4.95. The average Bonchev–Trinajstić information content (AvgIpc) is 2.18. The molecule has 0 aromatic rings. The number of aliphatic hydroxyl groups is 1. The molecular weight excluding hydrogens is 176 g/mol. The first-order valence-corrected chi connectivity index (χ1v) is 5.45. The zero-order chi connectivity index (χ0) is 10.8. The van der Waals surface area contributed by atoms with E-state index in [1.54, 1.807) is 0 Å². The van der Waals surface area contributed by atoms with Gasteiger partial charge in [-0.25, -0.2) is 0 Å². The summed E-state index contributed by atoms with van der Waals surface area (Å²) in [6.45, 7) is 6.55. The van der Waals surface area contributed by atoms with E-state index in [1.807, 2.05) is 13.8 Å². The number of hydrogen-bond donors (Lipinski definition) is 1. The molecular formula is C12H22O2. The third-order valence-corrected chi connectivity index (χ3v) is 2.12. The average molecular weight is 198 g/mol. The summed E-state index contributed by atoms with van der Waals surface area (Å²) < 4.78 is 5.48. The van der Waals surface area contributed by atoms with Crippen molar-refractivity contribution < 1.29 is 9.84 Å². The molecule has 0 aliphatic rings. The molecule has 0 aromatic carbocycles. The lowest BCUT2D eigenvalue weighted by Gasteiger charge is -2.21. The Hall–Kier alpha value is -0.520. The van der Waals surface area contributed by atoms with E-state index in [9.17, 15) is 5.11 Å². The second-order valence-electron chi connectivity index (χ2n) is 3.32. The highest BCUT2D eigenvalue weighted by Crippen LogP contribution is 2.11. The molecule has 0 aromatic heterocycles. The van der Waals surface area contributed by atoms with Crippen LogP contribution in [0, 0.1) is 11.8 Å². The summed E-state index contributed by atoms with van der Waals surface area (Å²) in [6, 6.07) is 0. The Bertz CT molecular complexity index is 172. The molecule has 0 aliphatic heterocycles. The molecule has 0 saturated heterocycles. The molecule has 0 rings (SSSR count). The summed E-state index contributed by atoms with van der Waals surface area (Å²) in [5, 5.41) is 9.81. The van der Waals surface area contributed by atoms with Crippen LogP contribution in [0.3, 0.4) is 0 Å². The number of aliphatic hydroxyl groups excluding tert-OH is 1. The van der Waals surface area contributed by atoms with Crippen LogP contribution in [0.4, 0.5) is 0 Å². The molecule has 0 saturated carbocycles. The molecule has 82 valence electrons. The summed E-state index contributed by atoms with van der Waals surface area (Å²) in [5.41, 5.74) is 0. The summed E-state index contributed by atoms with van der Waals surface area (Å²) >= 11 is 0. The Morgan fingerprint density at radius 2 is 2.00 bits per heavy atom. The predicted octanol–water partition coefficient (Wildman–Crippen LogP) is 2.36. The van der Waals surface area contributed by atoms with Crippen molar-refractivity contribution in [2.75, 3.05) is 6.61 Å². The monoisotopic (exact) mass is 198 g/mol. The SMILES string of the molecule is CC#CCCC(O)C(CCC)OCC.